The maximum Gasteiger partial charge on any atom is 0.268 e. The number of aryl methyl sites for hydroxylation is 1. The highest BCUT2D eigenvalue weighted by atomic mass is 16.3. The van der Waals surface area contributed by atoms with Gasteiger partial charge < -0.3 is 15.1 Å². The Bertz CT molecular complexity index is 976. The number of nitrogens with one attached hydrogen (secondary N) is 2. The van der Waals surface area contributed by atoms with Crippen molar-refractivity contribution in [2.75, 3.05) is 0 Å². The molecule has 2 N–H and O–H groups in total. The number of benzene rings is 2. The Morgan fingerprint density at radius 2 is 1.68 bits per heavy atom. The van der Waals surface area contributed by atoms with Gasteiger partial charge in [-0.1, -0.05) is 42.5 Å². The van der Waals surface area contributed by atoms with Crippen LogP contribution in [0.5, 0.6) is 0 Å². The molecule has 1 heterocycles. The van der Waals surface area contributed by atoms with Crippen molar-refractivity contribution in [2.45, 2.75) is 19.9 Å². The molecule has 28 heavy (non-hydrogen) atoms. The van der Waals surface area contributed by atoms with Crippen molar-refractivity contribution >= 4 is 17.9 Å². The first-order chi connectivity index (χ1) is 13.5. The minimum Gasteiger partial charge on any atom is -0.465 e. The lowest BCUT2D eigenvalue weighted by Crippen LogP contribution is -2.36. The summed E-state index contributed by atoms with van der Waals surface area (Å²) in [5, 5.41) is 5.64. The third kappa shape index (κ3) is 4.76. The molecule has 0 fully saturated rings. The fourth-order valence-corrected chi connectivity index (χ4v) is 2.88. The van der Waals surface area contributed by atoms with Gasteiger partial charge in [-0.15, -0.1) is 0 Å². The van der Waals surface area contributed by atoms with Gasteiger partial charge in [-0.05, 0) is 49.2 Å². The summed E-state index contributed by atoms with van der Waals surface area (Å²) in [5.74, 6) is -0.282. The number of hydrogen-bond acceptors (Lipinski definition) is 3. The molecule has 2 aromatic carbocycles. The van der Waals surface area contributed by atoms with Gasteiger partial charge in [0.2, 0.25) is 0 Å². The number of carbonyl (C=O) groups excluding carboxylic acids is 2. The maximum absolute atomic E-state index is 12.9. The summed E-state index contributed by atoms with van der Waals surface area (Å²) in [4.78, 5) is 25.4. The molecule has 142 valence electrons. The number of furan rings is 1. The van der Waals surface area contributed by atoms with Crippen LogP contribution in [-0.4, -0.2) is 11.8 Å². The summed E-state index contributed by atoms with van der Waals surface area (Å²) in [6.07, 6.45) is 3.02. The van der Waals surface area contributed by atoms with Gasteiger partial charge in [-0.2, -0.15) is 0 Å². The van der Waals surface area contributed by atoms with Crippen molar-refractivity contribution in [3.63, 3.8) is 0 Å². The number of rotatable bonds is 6. The number of carbonyl (C=O) groups is 2. The summed E-state index contributed by atoms with van der Waals surface area (Å²) in [6, 6.07) is 19.8. The van der Waals surface area contributed by atoms with Crippen LogP contribution in [0.15, 0.2) is 83.1 Å². The largest absolute Gasteiger partial charge is 0.465 e. The van der Waals surface area contributed by atoms with Crippen molar-refractivity contribution in [2.24, 2.45) is 0 Å². The predicted molar refractivity (Wildman–Crippen MR) is 108 cm³/mol. The molecule has 0 unspecified atom stereocenters. The molecule has 1 aromatic heterocycles. The van der Waals surface area contributed by atoms with Crippen LogP contribution in [0.25, 0.3) is 6.08 Å². The Morgan fingerprint density at radius 1 is 0.964 bits per heavy atom. The standard InChI is InChI=1S/C23H22N2O3/c1-16-9-6-7-13-20(16)17(2)24-23(27)21(15-19-12-8-14-28-19)25-22(26)18-10-4-3-5-11-18/h3-15,17H,1-2H3,(H,24,27)(H,25,26)/b21-15-/t17-/m1/s1. The highest BCUT2D eigenvalue weighted by Crippen LogP contribution is 2.17. The molecule has 5 heteroatoms. The first kappa shape index (κ1) is 19.2. The molecule has 0 saturated carbocycles. The van der Waals surface area contributed by atoms with Crippen LogP contribution in [0.1, 0.15) is 40.2 Å². The molecule has 3 aromatic rings. The van der Waals surface area contributed by atoms with Gasteiger partial charge in [0, 0.05) is 11.6 Å². The monoisotopic (exact) mass is 374 g/mol. The second-order valence-corrected chi connectivity index (χ2v) is 6.45. The van der Waals surface area contributed by atoms with Crippen LogP contribution >= 0.6 is 0 Å². The molecular formula is C23H22N2O3. The topological polar surface area (TPSA) is 71.3 Å². The fourth-order valence-electron chi connectivity index (χ4n) is 2.88. The van der Waals surface area contributed by atoms with E-state index < -0.39 is 5.91 Å². The van der Waals surface area contributed by atoms with E-state index in [1.165, 1.54) is 12.3 Å². The number of amides is 2. The first-order valence-corrected chi connectivity index (χ1v) is 9.02. The lowest BCUT2D eigenvalue weighted by Gasteiger charge is -2.18. The van der Waals surface area contributed by atoms with Crippen LogP contribution in [-0.2, 0) is 4.79 Å². The third-order valence-electron chi connectivity index (χ3n) is 4.36. The average Bonchev–Trinajstić information content (AvgIpc) is 3.21. The Labute approximate surface area is 164 Å². The zero-order valence-corrected chi connectivity index (χ0v) is 15.8. The molecule has 0 spiro atoms. The van der Waals surface area contributed by atoms with Crippen molar-refractivity contribution in [1.29, 1.82) is 0 Å². The predicted octanol–water partition coefficient (Wildman–Crippen LogP) is 4.24. The zero-order valence-electron chi connectivity index (χ0n) is 15.8. The summed E-state index contributed by atoms with van der Waals surface area (Å²) >= 11 is 0. The van der Waals surface area contributed by atoms with E-state index in [-0.39, 0.29) is 17.6 Å². The molecule has 1 atom stereocenters. The van der Waals surface area contributed by atoms with Crippen LogP contribution in [0.4, 0.5) is 0 Å². The fraction of sp³-hybridized carbons (Fsp3) is 0.130. The Morgan fingerprint density at radius 3 is 2.36 bits per heavy atom. The highest BCUT2D eigenvalue weighted by Gasteiger charge is 2.18. The van der Waals surface area contributed by atoms with Crippen molar-refractivity contribution in [3.8, 4) is 0 Å². The lowest BCUT2D eigenvalue weighted by atomic mass is 10.0. The smallest absolute Gasteiger partial charge is 0.268 e. The van der Waals surface area contributed by atoms with Gasteiger partial charge in [-0.25, -0.2) is 0 Å². The molecule has 0 saturated heterocycles. The molecule has 0 bridgehead atoms. The van der Waals surface area contributed by atoms with E-state index in [0.29, 0.717) is 11.3 Å². The van der Waals surface area contributed by atoms with E-state index in [1.54, 1.807) is 36.4 Å². The first-order valence-electron chi connectivity index (χ1n) is 9.02. The summed E-state index contributed by atoms with van der Waals surface area (Å²) in [7, 11) is 0. The van der Waals surface area contributed by atoms with Gasteiger partial charge >= 0.3 is 0 Å². The SMILES string of the molecule is Cc1ccccc1[C@@H](C)NC(=O)/C(=C/c1ccco1)NC(=O)c1ccccc1. The molecule has 0 aliphatic heterocycles. The van der Waals surface area contributed by atoms with E-state index >= 15 is 0 Å². The molecule has 0 aliphatic rings. The molecule has 5 nitrogen and oxygen atoms in total. The number of hydrogen-bond donors (Lipinski definition) is 2. The van der Waals surface area contributed by atoms with Crippen molar-refractivity contribution < 1.29 is 14.0 Å². The van der Waals surface area contributed by atoms with Crippen LogP contribution in [0.2, 0.25) is 0 Å². The van der Waals surface area contributed by atoms with Gasteiger partial charge in [-0.3, -0.25) is 9.59 Å². The molecule has 2 amide bonds. The normalized spacial score (nSPS) is 12.3. The minimum absolute atomic E-state index is 0.115. The van der Waals surface area contributed by atoms with E-state index in [4.69, 9.17) is 4.42 Å². The highest BCUT2D eigenvalue weighted by molar-refractivity contribution is 6.05. The summed E-state index contributed by atoms with van der Waals surface area (Å²) in [6.45, 7) is 3.90. The molecular weight excluding hydrogens is 352 g/mol. The van der Waals surface area contributed by atoms with E-state index in [0.717, 1.165) is 11.1 Å². The third-order valence-corrected chi connectivity index (χ3v) is 4.36. The van der Waals surface area contributed by atoms with E-state index in [1.807, 2.05) is 44.2 Å². The van der Waals surface area contributed by atoms with E-state index in [9.17, 15) is 9.59 Å². The molecule has 3 rings (SSSR count). The van der Waals surface area contributed by atoms with Gasteiger partial charge in [0.1, 0.15) is 11.5 Å². The van der Waals surface area contributed by atoms with Crippen molar-refractivity contribution in [1.82, 2.24) is 10.6 Å². The lowest BCUT2D eigenvalue weighted by molar-refractivity contribution is -0.118. The molecule has 0 aliphatic carbocycles. The Balaban J connectivity index is 1.81. The van der Waals surface area contributed by atoms with Gasteiger partial charge in [0.25, 0.3) is 11.8 Å². The minimum atomic E-state index is -0.392. The van der Waals surface area contributed by atoms with E-state index in [2.05, 4.69) is 10.6 Å². The van der Waals surface area contributed by atoms with Crippen molar-refractivity contribution in [3.05, 3.63) is 101 Å². The average molecular weight is 374 g/mol. The maximum atomic E-state index is 12.9. The Kier molecular flexibility index (Phi) is 6.07. The van der Waals surface area contributed by atoms with Gasteiger partial charge in [0.05, 0.1) is 12.3 Å². The van der Waals surface area contributed by atoms with Gasteiger partial charge in [0.15, 0.2) is 0 Å². The summed E-state index contributed by atoms with van der Waals surface area (Å²) in [5.41, 5.74) is 2.68. The van der Waals surface area contributed by atoms with Crippen LogP contribution in [0, 0.1) is 6.92 Å². The van der Waals surface area contributed by atoms with Crippen LogP contribution in [0.3, 0.4) is 0 Å². The van der Waals surface area contributed by atoms with Crippen LogP contribution < -0.4 is 10.6 Å². The Hall–Kier alpha value is -3.60. The summed E-state index contributed by atoms with van der Waals surface area (Å²) < 4.78 is 5.30. The quantitative estimate of drug-likeness (QED) is 0.634. The zero-order chi connectivity index (χ0) is 19.9. The molecule has 0 radical (unpaired) electrons. The second-order valence-electron chi connectivity index (χ2n) is 6.45. The second kappa shape index (κ2) is 8.86.